The number of rotatable bonds is 1. The van der Waals surface area contributed by atoms with Crippen LogP contribution in [0.2, 0.25) is 0 Å². The largest absolute Gasteiger partial charge is 0.319 e. The van der Waals surface area contributed by atoms with Gasteiger partial charge in [-0.1, -0.05) is 0 Å². The van der Waals surface area contributed by atoms with Crippen molar-refractivity contribution in [2.45, 2.75) is 26.3 Å². The van der Waals surface area contributed by atoms with Gasteiger partial charge in [0.1, 0.15) is 5.82 Å². The number of nitrogens with two attached hydrogens (primary N) is 1. The Morgan fingerprint density at radius 1 is 1.27 bits per heavy atom. The van der Waals surface area contributed by atoms with E-state index in [4.69, 9.17) is 5.73 Å². The lowest BCUT2D eigenvalue weighted by Crippen LogP contribution is -2.31. The Kier molecular flexibility index (Phi) is 1.91. The van der Waals surface area contributed by atoms with Gasteiger partial charge in [-0.05, 0) is 26.3 Å². The van der Waals surface area contributed by atoms with E-state index in [0.717, 1.165) is 5.56 Å². The van der Waals surface area contributed by atoms with Crippen molar-refractivity contribution in [2.24, 2.45) is 5.73 Å². The maximum Gasteiger partial charge on any atom is 0.147 e. The van der Waals surface area contributed by atoms with Crippen molar-refractivity contribution in [1.82, 2.24) is 9.97 Å². The molecule has 3 nitrogen and oxygen atoms in total. The fraction of sp³-hybridized carbons (Fsp3) is 0.500. The number of aromatic nitrogens is 2. The van der Waals surface area contributed by atoms with Crippen LogP contribution in [-0.4, -0.2) is 9.97 Å². The Labute approximate surface area is 66.7 Å². The Bertz CT molecular complexity index is 233. The highest BCUT2D eigenvalue weighted by Crippen LogP contribution is 2.10. The van der Waals surface area contributed by atoms with Crippen molar-refractivity contribution in [1.29, 1.82) is 0 Å². The van der Waals surface area contributed by atoms with Crippen LogP contribution in [-0.2, 0) is 5.54 Å². The summed E-state index contributed by atoms with van der Waals surface area (Å²) in [7, 11) is 0. The highest BCUT2D eigenvalue weighted by atomic mass is 14.9. The molecule has 1 rings (SSSR count). The van der Waals surface area contributed by atoms with Gasteiger partial charge in [0.25, 0.3) is 0 Å². The molecule has 1 aromatic heterocycles. The van der Waals surface area contributed by atoms with Gasteiger partial charge in [-0.3, -0.25) is 0 Å². The third-order valence-corrected chi connectivity index (χ3v) is 1.36. The average Bonchev–Trinajstić information content (AvgIpc) is 1.86. The molecule has 0 aromatic carbocycles. The van der Waals surface area contributed by atoms with Crippen molar-refractivity contribution in [3.8, 4) is 0 Å². The van der Waals surface area contributed by atoms with Gasteiger partial charge >= 0.3 is 0 Å². The molecule has 0 atom stereocenters. The molecule has 1 aromatic rings. The van der Waals surface area contributed by atoms with Crippen LogP contribution in [0, 0.1) is 6.92 Å². The van der Waals surface area contributed by atoms with E-state index in [1.807, 2.05) is 20.8 Å². The van der Waals surface area contributed by atoms with Gasteiger partial charge in [-0.2, -0.15) is 0 Å². The van der Waals surface area contributed by atoms with E-state index in [2.05, 4.69) is 9.97 Å². The predicted molar refractivity (Wildman–Crippen MR) is 44.0 cm³/mol. The fourth-order valence-corrected chi connectivity index (χ4v) is 0.725. The van der Waals surface area contributed by atoms with E-state index in [-0.39, 0.29) is 0 Å². The molecule has 0 saturated heterocycles. The molecule has 0 amide bonds. The minimum atomic E-state index is -0.437. The summed E-state index contributed by atoms with van der Waals surface area (Å²) >= 11 is 0. The Morgan fingerprint density at radius 3 is 2.09 bits per heavy atom. The maximum absolute atomic E-state index is 5.78. The average molecular weight is 151 g/mol. The minimum absolute atomic E-state index is 0.437. The first kappa shape index (κ1) is 8.14. The minimum Gasteiger partial charge on any atom is -0.319 e. The molecule has 0 spiro atoms. The zero-order valence-electron chi connectivity index (χ0n) is 7.13. The van der Waals surface area contributed by atoms with Crippen molar-refractivity contribution in [2.75, 3.05) is 0 Å². The van der Waals surface area contributed by atoms with Crippen LogP contribution in [0.25, 0.3) is 0 Å². The standard InChI is InChI=1S/C8H13N3/c1-6-4-10-7(11-5-6)8(2,3)9/h4-5H,9H2,1-3H3. The van der Waals surface area contributed by atoms with E-state index in [0.29, 0.717) is 5.82 Å². The lowest BCUT2D eigenvalue weighted by Gasteiger charge is -2.15. The third kappa shape index (κ3) is 1.98. The van der Waals surface area contributed by atoms with E-state index >= 15 is 0 Å². The number of hydrogen-bond donors (Lipinski definition) is 1. The van der Waals surface area contributed by atoms with Crippen LogP contribution >= 0.6 is 0 Å². The summed E-state index contributed by atoms with van der Waals surface area (Å²) in [5.74, 6) is 0.683. The molecular weight excluding hydrogens is 138 g/mol. The Balaban J connectivity index is 2.99. The molecule has 0 aliphatic carbocycles. The summed E-state index contributed by atoms with van der Waals surface area (Å²) in [6.07, 6.45) is 3.55. The van der Waals surface area contributed by atoms with E-state index in [1.165, 1.54) is 0 Å². The summed E-state index contributed by atoms with van der Waals surface area (Å²) in [4.78, 5) is 8.23. The molecule has 0 unspecified atom stereocenters. The normalized spacial score (nSPS) is 11.6. The van der Waals surface area contributed by atoms with Gasteiger partial charge in [-0.25, -0.2) is 9.97 Å². The van der Waals surface area contributed by atoms with Gasteiger partial charge in [0, 0.05) is 12.4 Å². The Hall–Kier alpha value is -0.960. The second kappa shape index (κ2) is 2.58. The topological polar surface area (TPSA) is 51.8 Å². The zero-order valence-corrected chi connectivity index (χ0v) is 7.13. The van der Waals surface area contributed by atoms with E-state index in [9.17, 15) is 0 Å². The summed E-state index contributed by atoms with van der Waals surface area (Å²) in [5, 5.41) is 0. The lowest BCUT2D eigenvalue weighted by molar-refractivity contribution is 0.513. The number of hydrogen-bond acceptors (Lipinski definition) is 3. The van der Waals surface area contributed by atoms with Gasteiger partial charge in [0.05, 0.1) is 5.54 Å². The molecule has 0 radical (unpaired) electrons. The van der Waals surface area contributed by atoms with Gasteiger partial charge in [0.15, 0.2) is 0 Å². The van der Waals surface area contributed by atoms with Crippen molar-refractivity contribution < 1.29 is 0 Å². The smallest absolute Gasteiger partial charge is 0.147 e. The van der Waals surface area contributed by atoms with Crippen LogP contribution < -0.4 is 5.73 Å². The van der Waals surface area contributed by atoms with Crippen LogP contribution in [0.5, 0.6) is 0 Å². The molecule has 0 bridgehead atoms. The molecule has 2 N–H and O–H groups in total. The number of nitrogens with zero attached hydrogens (tertiary/aromatic N) is 2. The highest BCUT2D eigenvalue weighted by molar-refractivity contribution is 5.06. The van der Waals surface area contributed by atoms with Gasteiger partial charge in [-0.15, -0.1) is 0 Å². The summed E-state index contributed by atoms with van der Waals surface area (Å²) in [6, 6.07) is 0. The fourth-order valence-electron chi connectivity index (χ4n) is 0.725. The molecule has 11 heavy (non-hydrogen) atoms. The van der Waals surface area contributed by atoms with Gasteiger partial charge < -0.3 is 5.73 Å². The van der Waals surface area contributed by atoms with E-state index < -0.39 is 5.54 Å². The first-order valence-corrected chi connectivity index (χ1v) is 3.58. The van der Waals surface area contributed by atoms with E-state index in [1.54, 1.807) is 12.4 Å². The molecule has 0 aliphatic heterocycles. The summed E-state index contributed by atoms with van der Waals surface area (Å²) in [5.41, 5.74) is 6.40. The predicted octanol–water partition coefficient (Wildman–Crippen LogP) is 0.979. The lowest BCUT2D eigenvalue weighted by atomic mass is 10.1. The molecule has 0 fully saturated rings. The molecule has 3 heteroatoms. The van der Waals surface area contributed by atoms with Gasteiger partial charge in [0.2, 0.25) is 0 Å². The maximum atomic E-state index is 5.78. The quantitative estimate of drug-likeness (QED) is 0.651. The summed E-state index contributed by atoms with van der Waals surface area (Å²) in [6.45, 7) is 5.72. The SMILES string of the molecule is Cc1cnc(C(C)(C)N)nc1. The molecular formula is C8H13N3. The number of aryl methyl sites for hydroxylation is 1. The highest BCUT2D eigenvalue weighted by Gasteiger charge is 2.16. The second-order valence-electron chi connectivity index (χ2n) is 3.31. The molecule has 0 saturated carbocycles. The van der Waals surface area contributed by atoms with Crippen molar-refractivity contribution >= 4 is 0 Å². The summed E-state index contributed by atoms with van der Waals surface area (Å²) < 4.78 is 0. The molecule has 1 heterocycles. The van der Waals surface area contributed by atoms with Crippen LogP contribution in [0.15, 0.2) is 12.4 Å². The monoisotopic (exact) mass is 151 g/mol. The third-order valence-electron chi connectivity index (χ3n) is 1.36. The van der Waals surface area contributed by atoms with Crippen molar-refractivity contribution in [3.05, 3.63) is 23.8 Å². The first-order valence-electron chi connectivity index (χ1n) is 3.58. The zero-order chi connectivity index (χ0) is 8.48. The van der Waals surface area contributed by atoms with Crippen molar-refractivity contribution in [3.63, 3.8) is 0 Å². The van der Waals surface area contributed by atoms with Crippen LogP contribution in [0.4, 0.5) is 0 Å². The molecule has 60 valence electrons. The molecule has 0 aliphatic rings. The van der Waals surface area contributed by atoms with Crippen LogP contribution in [0.1, 0.15) is 25.2 Å². The Morgan fingerprint density at radius 2 is 1.73 bits per heavy atom. The van der Waals surface area contributed by atoms with Crippen LogP contribution in [0.3, 0.4) is 0 Å². The first-order chi connectivity index (χ1) is 5.00. The second-order valence-corrected chi connectivity index (χ2v) is 3.31.